The van der Waals surface area contributed by atoms with E-state index in [4.69, 9.17) is 59.0 Å². The average Bonchev–Trinajstić information content (AvgIpc) is 0.862. The van der Waals surface area contributed by atoms with E-state index >= 15 is 0 Å². The minimum absolute atomic E-state index is 0.0674. The zero-order valence-electron chi connectivity index (χ0n) is 53.7. The SMILES string of the molecule is CC(=O)NC1C(OCCOCCNC(=O)CN(CC(=O)NCCOCCOC2OC(CO)C(O)C(O)C2NC(C)=O)C(Cc2ccc(CNC(=O)C3CCC(OP(C)(O)=S)CC3)cc2)C(=O)NCCOCCOC2OC(CO)C(O)C(O)C2NC(C)=O)OC(CO)C(O)C1O. The molecule has 4 aliphatic rings. The van der Waals surface area contributed by atoms with Crippen molar-refractivity contribution in [3.63, 3.8) is 0 Å². The minimum atomic E-state index is -2.86. The molecular weight excluding hydrogens is 1300 g/mol. The van der Waals surface area contributed by atoms with Crippen molar-refractivity contribution in [2.45, 2.75) is 163 Å². The first-order chi connectivity index (χ1) is 45.2. The molecule has 37 heteroatoms. The third-order valence-electron chi connectivity index (χ3n) is 15.7. The number of aliphatic hydroxyl groups is 9. The number of benzene rings is 1. The molecule has 0 bridgehead atoms. The summed E-state index contributed by atoms with van der Waals surface area (Å²) >= 11 is 5.04. The molecule has 3 aliphatic heterocycles. The number of hydrogen-bond acceptors (Lipinski definition) is 28. The Bertz CT molecular complexity index is 2510. The number of nitrogens with zero attached hydrogens (tertiary/aromatic N) is 1. The van der Waals surface area contributed by atoms with Crippen LogP contribution in [0.25, 0.3) is 0 Å². The Morgan fingerprint density at radius 1 is 0.537 bits per heavy atom. The van der Waals surface area contributed by atoms with Crippen molar-refractivity contribution in [2.24, 2.45) is 5.92 Å². The average molecular weight is 1400 g/mol. The summed E-state index contributed by atoms with van der Waals surface area (Å²) in [5, 5.41) is 110. The lowest BCUT2D eigenvalue weighted by Gasteiger charge is -2.42. The van der Waals surface area contributed by atoms with Crippen LogP contribution in [-0.2, 0) is 105 Å². The highest BCUT2D eigenvalue weighted by atomic mass is 32.5. The van der Waals surface area contributed by atoms with Crippen molar-refractivity contribution in [2.75, 3.05) is 119 Å². The van der Waals surface area contributed by atoms with Crippen LogP contribution in [0.2, 0.25) is 0 Å². The molecule has 17 N–H and O–H groups in total. The van der Waals surface area contributed by atoms with Crippen LogP contribution in [0.15, 0.2) is 24.3 Å². The lowest BCUT2D eigenvalue weighted by atomic mass is 9.87. The van der Waals surface area contributed by atoms with Crippen LogP contribution in [0.4, 0.5) is 0 Å². The van der Waals surface area contributed by atoms with Gasteiger partial charge < -0.3 is 135 Å². The zero-order valence-corrected chi connectivity index (χ0v) is 55.4. The molecule has 3 saturated heterocycles. The fraction of sp³-hybridized carbons (Fsp3) is 0.776. The molecule has 5 rings (SSSR count). The third-order valence-corrected chi connectivity index (χ3v) is 16.7. The van der Waals surface area contributed by atoms with Gasteiger partial charge in [-0.1, -0.05) is 24.3 Å². The predicted octanol–water partition coefficient (Wildman–Crippen LogP) is -7.70. The van der Waals surface area contributed by atoms with E-state index < -0.39 is 173 Å². The molecule has 1 aromatic rings. The molecule has 1 aliphatic carbocycles. The number of rotatable bonds is 40. The van der Waals surface area contributed by atoms with E-state index in [1.54, 1.807) is 24.3 Å². The number of ether oxygens (including phenoxy) is 9. The predicted molar refractivity (Wildman–Crippen MR) is 332 cm³/mol. The zero-order chi connectivity index (χ0) is 69.8. The van der Waals surface area contributed by atoms with Crippen molar-refractivity contribution < 1.29 is 132 Å². The number of amides is 7. The van der Waals surface area contributed by atoms with Crippen molar-refractivity contribution in [1.82, 2.24) is 42.1 Å². The fourth-order valence-corrected chi connectivity index (χ4v) is 12.0. The number of aliphatic hydroxyl groups excluding tert-OH is 9. The van der Waals surface area contributed by atoms with Gasteiger partial charge in [-0.3, -0.25) is 38.5 Å². The normalized spacial score (nSPS) is 29.5. The summed E-state index contributed by atoms with van der Waals surface area (Å²) in [6.07, 6.45) is -14.7. The molecule has 7 amide bonds. The summed E-state index contributed by atoms with van der Waals surface area (Å²) in [6.45, 7) is -1.84. The van der Waals surface area contributed by atoms with E-state index in [-0.39, 0.29) is 110 Å². The number of carbonyl (C=O) groups is 7. The third kappa shape index (κ3) is 27.5. The molecule has 542 valence electrons. The van der Waals surface area contributed by atoms with Gasteiger partial charge in [0.25, 0.3) is 0 Å². The fourth-order valence-electron chi connectivity index (χ4n) is 10.9. The maximum Gasteiger partial charge on any atom is 0.237 e. The molecule has 3 heterocycles. The summed E-state index contributed by atoms with van der Waals surface area (Å²) in [5.41, 5.74) is 1.32. The van der Waals surface area contributed by atoms with Crippen LogP contribution in [0.1, 0.15) is 57.6 Å². The standard InChI is InChI=1S/C58H97N8O27PS/c1-32(70)63-45-51(78)48(75)40(29-67)90-56(45)87-22-19-84-16-13-59-43(73)27-66(28-44(74)60-14-17-85-20-23-88-57-46(64-33(2)71)52(79)49(76)41(30-68)91-57)39(25-35-5-7-36(8-6-35)26-62-54(81)37-9-11-38(12-10-37)93-94(4,83)95)55(82)61-15-18-86-21-24-89-58-47(65-34(3)72)53(80)50(77)42(31-69)92-58/h5-8,37-42,45-53,56-58,67-69,75-80H,9-31H2,1-4H3,(H,59,73)(H,60,74)(H,61,82)(H,62,81)(H,63,70)(H,64,71)(H,65,72)(H,83,95). The Kier molecular flexibility index (Phi) is 35.5. The molecule has 0 aromatic heterocycles. The highest BCUT2D eigenvalue weighted by molar-refractivity contribution is 8.09. The first kappa shape index (κ1) is 81.0. The molecule has 4 fully saturated rings. The maximum atomic E-state index is 14.5. The van der Waals surface area contributed by atoms with Crippen LogP contribution >= 0.6 is 6.49 Å². The summed E-state index contributed by atoms with van der Waals surface area (Å²) in [7, 11) is 0. The van der Waals surface area contributed by atoms with Gasteiger partial charge in [-0.2, -0.15) is 0 Å². The van der Waals surface area contributed by atoms with Gasteiger partial charge in [0, 0.05) is 59.5 Å². The number of nitrogens with one attached hydrogen (secondary N) is 7. The van der Waals surface area contributed by atoms with E-state index in [1.165, 1.54) is 32.3 Å². The second-order valence-electron chi connectivity index (χ2n) is 23.3. The van der Waals surface area contributed by atoms with Gasteiger partial charge in [-0.25, -0.2) is 0 Å². The van der Waals surface area contributed by atoms with Gasteiger partial charge >= 0.3 is 0 Å². The first-order valence-corrected chi connectivity index (χ1v) is 34.5. The van der Waals surface area contributed by atoms with Crippen LogP contribution in [0.5, 0.6) is 0 Å². The van der Waals surface area contributed by atoms with Gasteiger partial charge in [0.15, 0.2) is 25.4 Å². The second kappa shape index (κ2) is 41.7. The molecule has 95 heavy (non-hydrogen) atoms. The largest absolute Gasteiger partial charge is 0.394 e. The van der Waals surface area contributed by atoms with Crippen molar-refractivity contribution >= 4 is 59.6 Å². The first-order valence-electron chi connectivity index (χ1n) is 31.4. The highest BCUT2D eigenvalue weighted by Gasteiger charge is 2.48. The molecule has 35 nitrogen and oxygen atoms in total. The summed E-state index contributed by atoms with van der Waals surface area (Å²) in [4.78, 5) is 102. The Balaban J connectivity index is 1.25. The monoisotopic (exact) mass is 1400 g/mol. The summed E-state index contributed by atoms with van der Waals surface area (Å²) < 4.78 is 56.4. The van der Waals surface area contributed by atoms with Crippen molar-refractivity contribution in [3.05, 3.63) is 35.4 Å². The van der Waals surface area contributed by atoms with Crippen LogP contribution < -0.4 is 37.2 Å². The molecule has 17 atom stereocenters. The van der Waals surface area contributed by atoms with Gasteiger partial charge in [0.1, 0.15) is 73.1 Å². The van der Waals surface area contributed by atoms with Gasteiger partial charge in [-0.05, 0) is 55.0 Å². The molecular formula is C58H97N8O27PS. The topological polar surface area (TPSA) is 502 Å². The lowest BCUT2D eigenvalue weighted by molar-refractivity contribution is -0.272. The van der Waals surface area contributed by atoms with Gasteiger partial charge in [-0.15, -0.1) is 0 Å². The smallest absolute Gasteiger partial charge is 0.237 e. The molecule has 1 aromatic carbocycles. The summed E-state index contributed by atoms with van der Waals surface area (Å²) in [5.74, 6) is -3.94. The van der Waals surface area contributed by atoms with E-state index in [0.717, 1.165) is 5.56 Å². The number of hydrogen-bond donors (Lipinski definition) is 17. The lowest BCUT2D eigenvalue weighted by Crippen LogP contribution is -2.64. The molecule has 17 unspecified atom stereocenters. The van der Waals surface area contributed by atoms with E-state index in [0.29, 0.717) is 31.2 Å². The van der Waals surface area contributed by atoms with Crippen molar-refractivity contribution in [3.8, 4) is 0 Å². The van der Waals surface area contributed by atoms with E-state index in [1.807, 2.05) is 0 Å². The molecule has 0 radical (unpaired) electrons. The minimum Gasteiger partial charge on any atom is -0.394 e. The van der Waals surface area contributed by atoms with Crippen LogP contribution in [0.3, 0.4) is 0 Å². The van der Waals surface area contributed by atoms with E-state index in [9.17, 15) is 84.4 Å². The van der Waals surface area contributed by atoms with Crippen molar-refractivity contribution in [1.29, 1.82) is 0 Å². The van der Waals surface area contributed by atoms with E-state index in [2.05, 4.69) is 37.2 Å². The van der Waals surface area contributed by atoms with Gasteiger partial charge in [0.05, 0.1) is 105 Å². The summed E-state index contributed by atoms with van der Waals surface area (Å²) in [6, 6.07) is 2.20. The Hall–Kier alpha value is -4.68. The second-order valence-corrected chi connectivity index (χ2v) is 27.1. The van der Waals surface area contributed by atoms with Crippen LogP contribution in [0, 0.1) is 5.92 Å². The van der Waals surface area contributed by atoms with Crippen LogP contribution in [-0.4, -0.2) is 320 Å². The highest BCUT2D eigenvalue weighted by Crippen LogP contribution is 2.42. The quantitative estimate of drug-likeness (QED) is 0.0214. The Morgan fingerprint density at radius 2 is 0.905 bits per heavy atom. The Labute approximate surface area is 554 Å². The number of carbonyl (C=O) groups excluding carboxylic acids is 7. The molecule has 1 saturated carbocycles. The Morgan fingerprint density at radius 3 is 1.26 bits per heavy atom. The molecule has 0 spiro atoms. The maximum absolute atomic E-state index is 14.5. The van der Waals surface area contributed by atoms with Gasteiger partial charge in [0.2, 0.25) is 41.4 Å².